The van der Waals surface area contributed by atoms with Crippen molar-refractivity contribution in [3.05, 3.63) is 11.2 Å². The van der Waals surface area contributed by atoms with E-state index in [1.807, 2.05) is 13.8 Å². The molecule has 0 aliphatic carbocycles. The van der Waals surface area contributed by atoms with Crippen LogP contribution < -0.4 is 0 Å². The Labute approximate surface area is 61.4 Å². The quantitative estimate of drug-likeness (QED) is 0.530. The maximum absolute atomic E-state index is 5.53. The predicted molar refractivity (Wildman–Crippen MR) is 43.0 cm³/mol. The van der Waals surface area contributed by atoms with Gasteiger partial charge in [-0.15, -0.1) is 0 Å². The largest absolute Gasteiger partial charge is 0.265 e. The Morgan fingerprint density at radius 1 is 1.56 bits per heavy atom. The minimum atomic E-state index is 0.725. The van der Waals surface area contributed by atoms with Gasteiger partial charge in [0, 0.05) is 16.9 Å². The summed E-state index contributed by atoms with van der Waals surface area (Å²) in [7, 11) is 0. The first-order chi connectivity index (χ1) is 4.16. The van der Waals surface area contributed by atoms with Gasteiger partial charge in [0.05, 0.1) is 0 Å². The molecule has 0 aliphatic heterocycles. The third kappa shape index (κ3) is 5.57. The number of hydrogen-bond donors (Lipinski definition) is 0. The normalized spacial score (nSPS) is 14.2. The van der Waals surface area contributed by atoms with Gasteiger partial charge in [0.25, 0.3) is 0 Å². The smallest absolute Gasteiger partial charge is 0.0409 e. The summed E-state index contributed by atoms with van der Waals surface area (Å²) in [4.78, 5) is 4.06. The Morgan fingerprint density at radius 3 is 2.44 bits per heavy atom. The lowest BCUT2D eigenvalue weighted by molar-refractivity contribution is 1.25. The number of aliphatic imine (C=N–C) groups is 1. The van der Waals surface area contributed by atoms with Gasteiger partial charge in [-0.1, -0.05) is 18.5 Å². The van der Waals surface area contributed by atoms with Gasteiger partial charge in [-0.2, -0.15) is 0 Å². The van der Waals surface area contributed by atoms with Crippen molar-refractivity contribution in [3.8, 4) is 0 Å². The summed E-state index contributed by atoms with van der Waals surface area (Å²) in [5.74, 6) is 0. The molecule has 2 heteroatoms. The second-order valence-electron chi connectivity index (χ2n) is 1.93. The van der Waals surface area contributed by atoms with Crippen molar-refractivity contribution in [1.82, 2.24) is 0 Å². The monoisotopic (exact) mass is 145 g/mol. The summed E-state index contributed by atoms with van der Waals surface area (Å²) in [6.45, 7) is 5.86. The summed E-state index contributed by atoms with van der Waals surface area (Å²) < 4.78 is 0. The van der Waals surface area contributed by atoms with Crippen LogP contribution in [0.2, 0.25) is 0 Å². The fourth-order valence-corrected chi connectivity index (χ4v) is 0.339. The van der Waals surface area contributed by atoms with E-state index in [1.54, 1.807) is 6.20 Å². The molecule has 0 unspecified atom stereocenters. The number of allylic oxidation sites excluding steroid dienone is 1. The minimum Gasteiger partial charge on any atom is -0.265 e. The molecule has 0 N–H and O–H groups in total. The molecule has 0 spiro atoms. The van der Waals surface area contributed by atoms with Gasteiger partial charge < -0.3 is 0 Å². The molecule has 0 atom stereocenters. The summed E-state index contributed by atoms with van der Waals surface area (Å²) >= 11 is 5.53. The predicted octanol–water partition coefficient (Wildman–Crippen LogP) is 2.96. The highest BCUT2D eigenvalue weighted by atomic mass is 35.5. The average Bonchev–Trinajstić information content (AvgIpc) is 1.83. The zero-order valence-electron chi connectivity index (χ0n) is 6.11. The minimum absolute atomic E-state index is 0.725. The molecule has 0 aromatic rings. The van der Waals surface area contributed by atoms with Crippen LogP contribution in [0.3, 0.4) is 0 Å². The Morgan fingerprint density at radius 2 is 2.11 bits per heavy atom. The third-order valence-corrected chi connectivity index (χ3v) is 1.07. The highest BCUT2D eigenvalue weighted by Gasteiger charge is 1.80. The zero-order chi connectivity index (χ0) is 7.28. The fraction of sp³-hybridized carbons (Fsp3) is 0.571. The average molecular weight is 146 g/mol. The van der Waals surface area contributed by atoms with Gasteiger partial charge in [0.2, 0.25) is 0 Å². The summed E-state index contributed by atoms with van der Waals surface area (Å²) in [5.41, 5.74) is 1.11. The number of hydrogen-bond acceptors (Lipinski definition) is 1. The van der Waals surface area contributed by atoms with E-state index in [2.05, 4.69) is 11.9 Å². The van der Waals surface area contributed by atoms with Gasteiger partial charge >= 0.3 is 0 Å². The van der Waals surface area contributed by atoms with Crippen LogP contribution in [0.1, 0.15) is 27.2 Å². The van der Waals surface area contributed by atoms with E-state index in [4.69, 9.17) is 11.6 Å². The molecule has 0 aromatic heterocycles. The van der Waals surface area contributed by atoms with Gasteiger partial charge in [0.1, 0.15) is 0 Å². The van der Waals surface area contributed by atoms with Crippen LogP contribution in [0.15, 0.2) is 16.2 Å². The summed E-state index contributed by atoms with van der Waals surface area (Å²) in [5, 5.41) is 0.725. The van der Waals surface area contributed by atoms with Gasteiger partial charge in [0.15, 0.2) is 0 Å². The second kappa shape index (κ2) is 4.57. The van der Waals surface area contributed by atoms with E-state index < -0.39 is 0 Å². The van der Waals surface area contributed by atoms with E-state index in [0.717, 1.165) is 17.2 Å². The van der Waals surface area contributed by atoms with E-state index in [0.29, 0.717) is 0 Å². The second-order valence-corrected chi connectivity index (χ2v) is 2.53. The number of rotatable bonds is 2. The molecule has 0 heterocycles. The molecule has 1 nitrogen and oxygen atoms in total. The maximum Gasteiger partial charge on any atom is 0.0409 e. The van der Waals surface area contributed by atoms with Crippen LogP contribution in [0.25, 0.3) is 0 Å². The Bertz CT molecular complexity index is 132. The molecule has 0 bridgehead atoms. The van der Waals surface area contributed by atoms with Crippen LogP contribution >= 0.6 is 11.6 Å². The molecular weight excluding hydrogens is 134 g/mol. The first-order valence-corrected chi connectivity index (χ1v) is 3.40. The number of halogens is 1. The molecule has 0 aromatic carbocycles. The zero-order valence-corrected chi connectivity index (χ0v) is 6.87. The fourth-order valence-electron chi connectivity index (χ4n) is 0.290. The van der Waals surface area contributed by atoms with Crippen molar-refractivity contribution in [3.63, 3.8) is 0 Å². The molecule has 0 rings (SSSR count). The summed E-state index contributed by atoms with van der Waals surface area (Å²) in [6.07, 6.45) is 2.65. The Kier molecular flexibility index (Phi) is 4.41. The topological polar surface area (TPSA) is 12.4 Å². The first-order valence-electron chi connectivity index (χ1n) is 3.02. The van der Waals surface area contributed by atoms with E-state index >= 15 is 0 Å². The molecule has 0 saturated heterocycles. The van der Waals surface area contributed by atoms with Crippen molar-refractivity contribution in [1.29, 1.82) is 0 Å². The van der Waals surface area contributed by atoms with Crippen LogP contribution in [-0.4, -0.2) is 5.71 Å². The van der Waals surface area contributed by atoms with Gasteiger partial charge in [-0.3, -0.25) is 4.99 Å². The molecule has 0 saturated carbocycles. The third-order valence-electron chi connectivity index (χ3n) is 0.974. The number of nitrogens with zero attached hydrogens (tertiary/aromatic N) is 1. The van der Waals surface area contributed by atoms with E-state index in [1.165, 1.54) is 0 Å². The lowest BCUT2D eigenvalue weighted by Gasteiger charge is -1.88. The molecule has 9 heavy (non-hydrogen) atoms. The van der Waals surface area contributed by atoms with Crippen LogP contribution in [-0.2, 0) is 0 Å². The summed E-state index contributed by atoms with van der Waals surface area (Å²) in [6, 6.07) is 0. The van der Waals surface area contributed by atoms with E-state index in [-0.39, 0.29) is 0 Å². The molecule has 0 fully saturated rings. The molecule has 0 aliphatic rings. The van der Waals surface area contributed by atoms with Crippen LogP contribution in [0.5, 0.6) is 0 Å². The highest BCUT2D eigenvalue weighted by Crippen LogP contribution is 1.98. The molecule has 0 radical (unpaired) electrons. The maximum atomic E-state index is 5.53. The van der Waals surface area contributed by atoms with Crippen molar-refractivity contribution in [2.24, 2.45) is 4.99 Å². The first kappa shape index (κ1) is 8.70. The standard InChI is InChI=1S/C7H12ClN/c1-4-7(3)9-5-6(2)8/h5H,4H2,1-3H3/b6-5+,9-7+. The van der Waals surface area contributed by atoms with Crippen molar-refractivity contribution in [2.45, 2.75) is 27.2 Å². The van der Waals surface area contributed by atoms with Crippen molar-refractivity contribution < 1.29 is 0 Å². The molecular formula is C7H12ClN. The molecule has 52 valence electrons. The van der Waals surface area contributed by atoms with Gasteiger partial charge in [-0.25, -0.2) is 0 Å². The van der Waals surface area contributed by atoms with Gasteiger partial charge in [-0.05, 0) is 20.3 Å². The van der Waals surface area contributed by atoms with E-state index in [9.17, 15) is 0 Å². The van der Waals surface area contributed by atoms with Crippen LogP contribution in [0, 0.1) is 0 Å². The van der Waals surface area contributed by atoms with Crippen molar-refractivity contribution >= 4 is 17.3 Å². The van der Waals surface area contributed by atoms with Crippen molar-refractivity contribution in [2.75, 3.05) is 0 Å². The highest BCUT2D eigenvalue weighted by molar-refractivity contribution is 6.29. The Balaban J connectivity index is 3.83. The lowest BCUT2D eigenvalue weighted by Crippen LogP contribution is -1.83. The Hall–Kier alpha value is -0.300. The lowest BCUT2D eigenvalue weighted by atomic mass is 10.3. The molecule has 0 amide bonds. The van der Waals surface area contributed by atoms with Crippen LogP contribution in [0.4, 0.5) is 0 Å². The SMILES string of the molecule is CC/C(C)=N/C=C(\C)Cl.